The maximum Gasteiger partial charge on any atom is 0.254 e. The molecule has 2 amide bonds. The highest BCUT2D eigenvalue weighted by atomic mass is 32.2. The molecule has 0 aliphatic carbocycles. The number of nitrogens with zero attached hydrogens (tertiary/aromatic N) is 2. The van der Waals surface area contributed by atoms with Gasteiger partial charge in [0.05, 0.1) is 4.90 Å². The van der Waals surface area contributed by atoms with E-state index in [9.17, 15) is 18.0 Å². The van der Waals surface area contributed by atoms with Gasteiger partial charge >= 0.3 is 0 Å². The fourth-order valence-corrected chi connectivity index (χ4v) is 5.95. The molecule has 0 saturated carbocycles. The summed E-state index contributed by atoms with van der Waals surface area (Å²) in [6, 6.07) is 10.8. The number of piperidine rings is 1. The number of hydrogen-bond acceptors (Lipinski definition) is 4. The summed E-state index contributed by atoms with van der Waals surface area (Å²) in [6.45, 7) is 11.1. The molecule has 1 saturated heterocycles. The number of amides is 2. The van der Waals surface area contributed by atoms with E-state index in [2.05, 4.69) is 5.32 Å². The third-order valence-electron chi connectivity index (χ3n) is 6.77. The Bertz CT molecular complexity index is 1160. The van der Waals surface area contributed by atoms with Crippen LogP contribution in [0.15, 0.2) is 41.3 Å². The van der Waals surface area contributed by atoms with Crippen LogP contribution in [0.25, 0.3) is 0 Å². The van der Waals surface area contributed by atoms with Gasteiger partial charge < -0.3 is 10.2 Å². The average Bonchev–Trinajstić information content (AvgIpc) is 2.82. The second-order valence-corrected chi connectivity index (χ2v) is 10.8. The molecule has 8 heteroatoms. The molecule has 0 bridgehead atoms. The molecule has 2 aromatic rings. The zero-order chi connectivity index (χ0) is 25.0. The summed E-state index contributed by atoms with van der Waals surface area (Å²) >= 11 is 0. The highest BCUT2D eigenvalue weighted by molar-refractivity contribution is 7.89. The molecule has 3 rings (SSSR count). The minimum absolute atomic E-state index is 0.00209. The number of aryl methyl sites for hydroxylation is 2. The molecule has 2 aromatic carbocycles. The van der Waals surface area contributed by atoms with Crippen LogP contribution in [0.3, 0.4) is 0 Å². The van der Waals surface area contributed by atoms with Crippen LogP contribution >= 0.6 is 0 Å². The molecule has 0 spiro atoms. The minimum atomic E-state index is -3.63. The summed E-state index contributed by atoms with van der Waals surface area (Å²) in [6.07, 6.45) is 1.14. The van der Waals surface area contributed by atoms with Crippen LogP contribution < -0.4 is 5.32 Å². The van der Waals surface area contributed by atoms with Gasteiger partial charge in [-0.1, -0.05) is 32.0 Å². The third kappa shape index (κ3) is 5.33. The number of sulfonamides is 1. The van der Waals surface area contributed by atoms with Crippen molar-refractivity contribution in [1.29, 1.82) is 0 Å². The Balaban J connectivity index is 1.71. The summed E-state index contributed by atoms with van der Waals surface area (Å²) in [5.74, 6) is -0.371. The molecule has 0 atom stereocenters. The van der Waals surface area contributed by atoms with E-state index in [-0.39, 0.29) is 22.6 Å². The smallest absolute Gasteiger partial charge is 0.254 e. The average molecular weight is 486 g/mol. The van der Waals surface area contributed by atoms with Crippen LogP contribution in [0.4, 0.5) is 5.69 Å². The third-order valence-corrected chi connectivity index (χ3v) is 8.80. The van der Waals surface area contributed by atoms with E-state index in [1.54, 1.807) is 30.9 Å². The van der Waals surface area contributed by atoms with E-state index < -0.39 is 10.0 Å². The van der Waals surface area contributed by atoms with Gasteiger partial charge in [-0.3, -0.25) is 9.59 Å². The second-order valence-electron chi connectivity index (χ2n) is 8.87. The van der Waals surface area contributed by atoms with Crippen LogP contribution in [0.5, 0.6) is 0 Å². The quantitative estimate of drug-likeness (QED) is 0.639. The van der Waals surface area contributed by atoms with Crippen molar-refractivity contribution in [3.63, 3.8) is 0 Å². The predicted molar refractivity (Wildman–Crippen MR) is 134 cm³/mol. The normalized spacial score (nSPS) is 14.9. The molecule has 7 nitrogen and oxygen atoms in total. The first-order valence-electron chi connectivity index (χ1n) is 11.9. The Morgan fingerprint density at radius 2 is 1.62 bits per heavy atom. The van der Waals surface area contributed by atoms with Gasteiger partial charge in [0.2, 0.25) is 15.9 Å². The lowest BCUT2D eigenvalue weighted by atomic mass is 9.94. The van der Waals surface area contributed by atoms with Crippen molar-refractivity contribution >= 4 is 27.5 Å². The van der Waals surface area contributed by atoms with Crippen molar-refractivity contribution < 1.29 is 18.0 Å². The van der Waals surface area contributed by atoms with Gasteiger partial charge in [0.1, 0.15) is 0 Å². The zero-order valence-electron chi connectivity index (χ0n) is 20.7. The Kier molecular flexibility index (Phi) is 8.15. The molecule has 34 heavy (non-hydrogen) atoms. The summed E-state index contributed by atoms with van der Waals surface area (Å²) in [4.78, 5) is 27.9. The fourth-order valence-electron chi connectivity index (χ4n) is 4.38. The van der Waals surface area contributed by atoms with E-state index in [1.165, 1.54) is 4.31 Å². The number of rotatable bonds is 7. The van der Waals surface area contributed by atoms with Gasteiger partial charge in [0.25, 0.3) is 5.91 Å². The van der Waals surface area contributed by atoms with Crippen molar-refractivity contribution in [1.82, 2.24) is 9.21 Å². The van der Waals surface area contributed by atoms with Crippen molar-refractivity contribution in [3.05, 3.63) is 58.7 Å². The first-order chi connectivity index (χ1) is 16.1. The molecule has 1 heterocycles. The second kappa shape index (κ2) is 10.7. The molecular weight excluding hydrogens is 450 g/mol. The monoisotopic (exact) mass is 485 g/mol. The van der Waals surface area contributed by atoms with E-state index in [1.807, 2.05) is 45.0 Å². The summed E-state index contributed by atoms with van der Waals surface area (Å²) in [7, 11) is -3.63. The van der Waals surface area contributed by atoms with Crippen LogP contribution in [-0.4, -0.2) is 55.6 Å². The summed E-state index contributed by atoms with van der Waals surface area (Å²) < 4.78 is 27.4. The molecule has 1 fully saturated rings. The van der Waals surface area contributed by atoms with Crippen LogP contribution in [0.1, 0.15) is 53.7 Å². The molecular formula is C26H35N3O4S. The standard InChI is InChI=1S/C26H35N3O4S/c1-6-29(7-2)34(32,33)22-16-19(4)20(5)24(17-22)27-25(30)21-12-14-28(15-13-21)26(31)23-11-9-8-10-18(23)3/h8-11,16-17,21H,6-7,12-15H2,1-5H3,(H,27,30). The maximum atomic E-state index is 13.1. The lowest BCUT2D eigenvalue weighted by molar-refractivity contribution is -0.121. The highest BCUT2D eigenvalue weighted by Gasteiger charge is 2.29. The number of likely N-dealkylation sites (tertiary alicyclic amines) is 1. The molecule has 0 aromatic heterocycles. The van der Waals surface area contributed by atoms with E-state index in [4.69, 9.17) is 0 Å². The van der Waals surface area contributed by atoms with Crippen LogP contribution in [-0.2, 0) is 14.8 Å². The molecule has 0 unspecified atom stereocenters. The van der Waals surface area contributed by atoms with Gasteiger partial charge in [-0.2, -0.15) is 4.31 Å². The summed E-state index contributed by atoms with van der Waals surface area (Å²) in [5, 5.41) is 2.97. The maximum absolute atomic E-state index is 13.1. The first-order valence-corrected chi connectivity index (χ1v) is 13.3. The van der Waals surface area contributed by atoms with Crippen LogP contribution in [0, 0.1) is 26.7 Å². The topological polar surface area (TPSA) is 86.8 Å². The van der Waals surface area contributed by atoms with E-state index >= 15 is 0 Å². The Hall–Kier alpha value is -2.71. The van der Waals surface area contributed by atoms with Gasteiger partial charge in [0.15, 0.2) is 0 Å². The lowest BCUT2D eigenvalue weighted by Crippen LogP contribution is -2.41. The number of hydrogen-bond donors (Lipinski definition) is 1. The minimum Gasteiger partial charge on any atom is -0.339 e. The molecule has 1 N–H and O–H groups in total. The van der Waals surface area contributed by atoms with Gasteiger partial charge in [-0.15, -0.1) is 0 Å². The van der Waals surface area contributed by atoms with Crippen molar-refractivity contribution in [2.75, 3.05) is 31.5 Å². The van der Waals surface area contributed by atoms with Gasteiger partial charge in [-0.25, -0.2) is 8.42 Å². The lowest BCUT2D eigenvalue weighted by Gasteiger charge is -2.32. The number of anilines is 1. The summed E-state index contributed by atoms with van der Waals surface area (Å²) in [5.41, 5.74) is 3.82. The first kappa shape index (κ1) is 25.9. The van der Waals surface area contributed by atoms with Gasteiger partial charge in [-0.05, 0) is 68.5 Å². The van der Waals surface area contributed by atoms with Crippen molar-refractivity contribution in [2.45, 2.75) is 52.4 Å². The van der Waals surface area contributed by atoms with Crippen LogP contribution in [0.2, 0.25) is 0 Å². The molecule has 1 aliphatic heterocycles. The number of carbonyl (C=O) groups is 2. The van der Waals surface area contributed by atoms with Crippen molar-refractivity contribution in [2.24, 2.45) is 5.92 Å². The predicted octanol–water partition coefficient (Wildman–Crippen LogP) is 4.13. The Morgan fingerprint density at radius 3 is 2.21 bits per heavy atom. The van der Waals surface area contributed by atoms with Crippen molar-refractivity contribution in [3.8, 4) is 0 Å². The molecule has 1 aliphatic rings. The van der Waals surface area contributed by atoms with Gasteiger partial charge in [0, 0.05) is 43.3 Å². The van der Waals surface area contributed by atoms with E-state index in [0.717, 1.165) is 16.7 Å². The molecule has 184 valence electrons. The number of nitrogens with one attached hydrogen (secondary N) is 1. The number of benzene rings is 2. The highest BCUT2D eigenvalue weighted by Crippen LogP contribution is 2.28. The van der Waals surface area contributed by atoms with E-state index in [0.29, 0.717) is 50.3 Å². The Labute approximate surface area is 203 Å². The largest absolute Gasteiger partial charge is 0.339 e. The Morgan fingerprint density at radius 1 is 1.00 bits per heavy atom. The number of carbonyl (C=O) groups excluding carboxylic acids is 2. The molecule has 0 radical (unpaired) electrons. The SMILES string of the molecule is CCN(CC)S(=O)(=O)c1cc(C)c(C)c(NC(=O)C2CCN(C(=O)c3ccccc3C)CC2)c1. The fraction of sp³-hybridized carbons (Fsp3) is 0.462. The zero-order valence-corrected chi connectivity index (χ0v) is 21.5.